The summed E-state index contributed by atoms with van der Waals surface area (Å²) in [5.74, 6) is 0.400. The molecule has 1 aliphatic heterocycles. The number of hydrogen-bond donors (Lipinski definition) is 0. The third kappa shape index (κ3) is 2.04. The lowest BCUT2D eigenvalue weighted by molar-refractivity contribution is 0.0481. The maximum Gasteiger partial charge on any atom is 0.192 e. The standard InChI is InChI=1S/C15H21NOS/c17-14(13-7-6-12-18-13)15(8-2-3-9-15)16-10-4-1-5-11-16/h6-7,12H,1-5,8-11H2. The van der Waals surface area contributed by atoms with Gasteiger partial charge >= 0.3 is 0 Å². The third-order valence-corrected chi connectivity index (χ3v) is 5.43. The van der Waals surface area contributed by atoms with Crippen LogP contribution in [-0.2, 0) is 0 Å². The molecular weight excluding hydrogens is 242 g/mol. The molecular formula is C15H21NOS. The zero-order chi connectivity index (χ0) is 12.4. The first-order valence-electron chi connectivity index (χ1n) is 7.16. The molecule has 2 aliphatic rings. The van der Waals surface area contributed by atoms with Crippen LogP contribution in [0.2, 0.25) is 0 Å². The van der Waals surface area contributed by atoms with Crippen LogP contribution in [0.5, 0.6) is 0 Å². The zero-order valence-corrected chi connectivity index (χ0v) is 11.7. The minimum absolute atomic E-state index is 0.148. The van der Waals surface area contributed by atoms with Crippen molar-refractivity contribution >= 4 is 17.1 Å². The Morgan fingerprint density at radius 2 is 1.83 bits per heavy atom. The van der Waals surface area contributed by atoms with Crippen molar-refractivity contribution < 1.29 is 4.79 Å². The lowest BCUT2D eigenvalue weighted by Crippen LogP contribution is -2.54. The molecule has 0 spiro atoms. The van der Waals surface area contributed by atoms with Crippen molar-refractivity contribution in [2.75, 3.05) is 13.1 Å². The van der Waals surface area contributed by atoms with Gasteiger partial charge in [0.2, 0.25) is 0 Å². The van der Waals surface area contributed by atoms with Gasteiger partial charge in [0, 0.05) is 0 Å². The normalized spacial score (nSPS) is 24.2. The summed E-state index contributed by atoms with van der Waals surface area (Å²) < 4.78 is 0. The van der Waals surface area contributed by atoms with E-state index in [1.807, 2.05) is 17.5 Å². The molecule has 1 aromatic rings. The fourth-order valence-electron chi connectivity index (χ4n) is 3.61. The van der Waals surface area contributed by atoms with Gasteiger partial charge in [-0.1, -0.05) is 25.3 Å². The molecule has 1 saturated heterocycles. The highest BCUT2D eigenvalue weighted by molar-refractivity contribution is 7.12. The molecule has 3 heteroatoms. The molecule has 0 unspecified atom stereocenters. The molecule has 0 aromatic carbocycles. The Morgan fingerprint density at radius 3 is 2.44 bits per heavy atom. The Labute approximate surface area is 113 Å². The quantitative estimate of drug-likeness (QED) is 0.774. The molecule has 2 heterocycles. The first-order valence-corrected chi connectivity index (χ1v) is 8.04. The summed E-state index contributed by atoms with van der Waals surface area (Å²) in [5, 5.41) is 2.02. The van der Waals surface area contributed by atoms with Gasteiger partial charge in [0.15, 0.2) is 5.78 Å². The number of nitrogens with zero attached hydrogens (tertiary/aromatic N) is 1. The SMILES string of the molecule is O=C(c1cccs1)C1(N2CCCCC2)CCCC1. The van der Waals surface area contributed by atoms with E-state index in [0.717, 1.165) is 30.8 Å². The molecule has 1 aliphatic carbocycles. The fraction of sp³-hybridized carbons (Fsp3) is 0.667. The van der Waals surface area contributed by atoms with Crippen LogP contribution in [-0.4, -0.2) is 29.3 Å². The molecule has 0 radical (unpaired) electrons. The van der Waals surface area contributed by atoms with E-state index >= 15 is 0 Å². The Morgan fingerprint density at radius 1 is 1.11 bits per heavy atom. The minimum Gasteiger partial charge on any atom is -0.291 e. The number of Topliss-reactive ketones (excluding diaryl/α,β-unsaturated/α-hetero) is 1. The van der Waals surface area contributed by atoms with Crippen LogP contribution in [0.15, 0.2) is 17.5 Å². The van der Waals surface area contributed by atoms with Crippen LogP contribution in [0, 0.1) is 0 Å². The maximum absolute atomic E-state index is 12.9. The number of carbonyl (C=O) groups excluding carboxylic acids is 1. The second-order valence-corrected chi connectivity index (χ2v) is 6.54. The van der Waals surface area contributed by atoms with Crippen LogP contribution >= 0.6 is 11.3 Å². The molecule has 18 heavy (non-hydrogen) atoms. The summed E-state index contributed by atoms with van der Waals surface area (Å²) >= 11 is 1.60. The summed E-state index contributed by atoms with van der Waals surface area (Å²) in [5.41, 5.74) is -0.148. The predicted molar refractivity (Wildman–Crippen MR) is 75.3 cm³/mol. The molecule has 1 saturated carbocycles. The second-order valence-electron chi connectivity index (χ2n) is 5.59. The van der Waals surface area contributed by atoms with Crippen molar-refractivity contribution in [3.05, 3.63) is 22.4 Å². The van der Waals surface area contributed by atoms with Crippen LogP contribution in [0.4, 0.5) is 0 Å². The van der Waals surface area contributed by atoms with Gasteiger partial charge in [0.25, 0.3) is 0 Å². The van der Waals surface area contributed by atoms with Gasteiger partial charge in [-0.25, -0.2) is 0 Å². The lowest BCUT2D eigenvalue weighted by Gasteiger charge is -2.42. The summed E-state index contributed by atoms with van der Waals surface area (Å²) in [6, 6.07) is 3.99. The molecule has 0 atom stereocenters. The Balaban J connectivity index is 1.88. The minimum atomic E-state index is -0.148. The van der Waals surface area contributed by atoms with Gasteiger partial charge < -0.3 is 0 Å². The Kier molecular flexibility index (Phi) is 3.53. The van der Waals surface area contributed by atoms with E-state index in [-0.39, 0.29) is 5.54 Å². The highest BCUT2D eigenvalue weighted by Gasteiger charge is 2.46. The second kappa shape index (κ2) is 5.14. The topological polar surface area (TPSA) is 20.3 Å². The highest BCUT2D eigenvalue weighted by Crippen LogP contribution is 2.40. The van der Waals surface area contributed by atoms with Crippen LogP contribution in [0.3, 0.4) is 0 Å². The predicted octanol–water partition coefficient (Wildman–Crippen LogP) is 3.73. The van der Waals surface area contributed by atoms with Crippen molar-refractivity contribution in [2.24, 2.45) is 0 Å². The first kappa shape index (κ1) is 12.4. The number of rotatable bonds is 3. The van der Waals surface area contributed by atoms with Crippen molar-refractivity contribution in [1.82, 2.24) is 4.90 Å². The Hall–Kier alpha value is -0.670. The summed E-state index contributed by atoms with van der Waals surface area (Å²) in [7, 11) is 0. The van der Waals surface area contributed by atoms with Gasteiger partial charge in [-0.15, -0.1) is 11.3 Å². The molecule has 1 aromatic heterocycles. The molecule has 2 fully saturated rings. The number of likely N-dealkylation sites (tertiary alicyclic amines) is 1. The molecule has 0 N–H and O–H groups in total. The van der Waals surface area contributed by atoms with Crippen molar-refractivity contribution in [1.29, 1.82) is 0 Å². The third-order valence-electron chi connectivity index (χ3n) is 4.56. The molecule has 2 nitrogen and oxygen atoms in total. The van der Waals surface area contributed by atoms with Crippen LogP contribution in [0.25, 0.3) is 0 Å². The number of thiophene rings is 1. The monoisotopic (exact) mass is 263 g/mol. The van der Waals surface area contributed by atoms with Crippen LogP contribution in [0.1, 0.15) is 54.6 Å². The van der Waals surface area contributed by atoms with E-state index in [1.165, 1.54) is 32.1 Å². The van der Waals surface area contributed by atoms with Crippen molar-refractivity contribution in [3.63, 3.8) is 0 Å². The van der Waals surface area contributed by atoms with E-state index in [4.69, 9.17) is 0 Å². The van der Waals surface area contributed by atoms with E-state index in [0.29, 0.717) is 5.78 Å². The maximum atomic E-state index is 12.9. The first-order chi connectivity index (χ1) is 8.83. The van der Waals surface area contributed by atoms with E-state index in [1.54, 1.807) is 11.3 Å². The summed E-state index contributed by atoms with van der Waals surface area (Å²) in [6.45, 7) is 2.24. The van der Waals surface area contributed by atoms with Crippen molar-refractivity contribution in [3.8, 4) is 0 Å². The number of carbonyl (C=O) groups is 1. The van der Waals surface area contributed by atoms with Gasteiger partial charge in [-0.05, 0) is 50.2 Å². The summed E-state index contributed by atoms with van der Waals surface area (Å²) in [6.07, 6.45) is 8.44. The van der Waals surface area contributed by atoms with E-state index < -0.39 is 0 Å². The molecule has 0 bridgehead atoms. The zero-order valence-electron chi connectivity index (χ0n) is 10.9. The van der Waals surface area contributed by atoms with E-state index in [9.17, 15) is 4.79 Å². The average molecular weight is 263 g/mol. The van der Waals surface area contributed by atoms with Gasteiger partial charge in [-0.3, -0.25) is 9.69 Å². The number of ketones is 1. The smallest absolute Gasteiger partial charge is 0.192 e. The average Bonchev–Trinajstić information content (AvgIpc) is 3.11. The number of hydrogen-bond acceptors (Lipinski definition) is 3. The molecule has 98 valence electrons. The fourth-order valence-corrected chi connectivity index (χ4v) is 4.36. The van der Waals surface area contributed by atoms with Crippen molar-refractivity contribution in [2.45, 2.75) is 50.5 Å². The summed E-state index contributed by atoms with van der Waals surface area (Å²) in [4.78, 5) is 16.4. The Bertz CT molecular complexity index is 400. The largest absolute Gasteiger partial charge is 0.291 e. The van der Waals surface area contributed by atoms with Gasteiger partial charge in [0.05, 0.1) is 10.4 Å². The van der Waals surface area contributed by atoms with Gasteiger partial charge in [0.1, 0.15) is 0 Å². The molecule has 3 rings (SSSR count). The molecule has 0 amide bonds. The number of piperidine rings is 1. The van der Waals surface area contributed by atoms with Crippen LogP contribution < -0.4 is 0 Å². The lowest BCUT2D eigenvalue weighted by atomic mass is 9.87. The highest BCUT2D eigenvalue weighted by atomic mass is 32.1. The van der Waals surface area contributed by atoms with Gasteiger partial charge in [-0.2, -0.15) is 0 Å². The van der Waals surface area contributed by atoms with E-state index in [2.05, 4.69) is 4.90 Å².